The van der Waals surface area contributed by atoms with E-state index in [1.54, 1.807) is 6.33 Å². The molecule has 3 nitrogen and oxygen atoms in total. The number of alkyl halides is 1. The summed E-state index contributed by atoms with van der Waals surface area (Å²) in [7, 11) is 0. The van der Waals surface area contributed by atoms with Crippen LogP contribution in [-0.2, 0) is 5.88 Å². The van der Waals surface area contributed by atoms with Gasteiger partial charge in [-0.15, -0.1) is 21.8 Å². The van der Waals surface area contributed by atoms with E-state index in [4.69, 9.17) is 11.6 Å². The van der Waals surface area contributed by atoms with Crippen molar-refractivity contribution in [1.29, 1.82) is 0 Å². The standard InChI is InChI=1S/C12H14ClN3/c1-9-5-3-4-6-11(9)10(2)16-8-14-15-12(16)7-13/h3-6,8,10H,7H2,1-2H3. The number of halogens is 1. The van der Waals surface area contributed by atoms with Crippen molar-refractivity contribution >= 4 is 11.6 Å². The van der Waals surface area contributed by atoms with Crippen LogP contribution in [0.4, 0.5) is 0 Å². The zero-order valence-electron chi connectivity index (χ0n) is 9.39. The van der Waals surface area contributed by atoms with Crippen LogP contribution in [0.3, 0.4) is 0 Å². The average Bonchev–Trinajstić information content (AvgIpc) is 2.77. The van der Waals surface area contributed by atoms with E-state index in [-0.39, 0.29) is 6.04 Å². The van der Waals surface area contributed by atoms with Crippen molar-refractivity contribution in [3.8, 4) is 0 Å². The summed E-state index contributed by atoms with van der Waals surface area (Å²) in [4.78, 5) is 0. The fraction of sp³-hybridized carbons (Fsp3) is 0.333. The zero-order chi connectivity index (χ0) is 11.5. The molecule has 1 aromatic heterocycles. The highest BCUT2D eigenvalue weighted by Crippen LogP contribution is 2.22. The first-order chi connectivity index (χ1) is 7.74. The molecule has 1 atom stereocenters. The van der Waals surface area contributed by atoms with Gasteiger partial charge in [0.2, 0.25) is 0 Å². The first-order valence-corrected chi connectivity index (χ1v) is 5.77. The molecule has 2 rings (SSSR count). The van der Waals surface area contributed by atoms with E-state index in [1.807, 2.05) is 16.7 Å². The van der Waals surface area contributed by atoms with Gasteiger partial charge in [0.15, 0.2) is 0 Å². The van der Waals surface area contributed by atoms with Gasteiger partial charge in [-0.1, -0.05) is 24.3 Å². The van der Waals surface area contributed by atoms with Crippen molar-refractivity contribution < 1.29 is 0 Å². The van der Waals surface area contributed by atoms with Crippen LogP contribution < -0.4 is 0 Å². The van der Waals surface area contributed by atoms with Gasteiger partial charge in [0.1, 0.15) is 12.2 Å². The lowest BCUT2D eigenvalue weighted by Crippen LogP contribution is -2.10. The smallest absolute Gasteiger partial charge is 0.148 e. The minimum Gasteiger partial charge on any atom is -0.309 e. The van der Waals surface area contributed by atoms with Crippen LogP contribution in [0.5, 0.6) is 0 Å². The van der Waals surface area contributed by atoms with Gasteiger partial charge in [0.25, 0.3) is 0 Å². The van der Waals surface area contributed by atoms with E-state index in [1.165, 1.54) is 11.1 Å². The molecule has 0 fully saturated rings. The van der Waals surface area contributed by atoms with Crippen molar-refractivity contribution in [2.24, 2.45) is 0 Å². The molecular weight excluding hydrogens is 222 g/mol. The van der Waals surface area contributed by atoms with Crippen LogP contribution >= 0.6 is 11.6 Å². The normalized spacial score (nSPS) is 12.7. The monoisotopic (exact) mass is 235 g/mol. The largest absolute Gasteiger partial charge is 0.309 e. The van der Waals surface area contributed by atoms with Gasteiger partial charge in [0, 0.05) is 0 Å². The van der Waals surface area contributed by atoms with Crippen molar-refractivity contribution in [1.82, 2.24) is 14.8 Å². The Morgan fingerprint density at radius 2 is 2.12 bits per heavy atom. The third-order valence-corrected chi connectivity index (χ3v) is 3.06. The van der Waals surface area contributed by atoms with Crippen molar-refractivity contribution in [3.05, 3.63) is 47.5 Å². The van der Waals surface area contributed by atoms with Crippen LogP contribution in [0.25, 0.3) is 0 Å². The van der Waals surface area contributed by atoms with Crippen molar-refractivity contribution in [2.75, 3.05) is 0 Å². The molecule has 0 radical (unpaired) electrons. The molecule has 0 saturated carbocycles. The Kier molecular flexibility index (Phi) is 3.25. The molecule has 0 N–H and O–H groups in total. The third kappa shape index (κ3) is 1.95. The average molecular weight is 236 g/mol. The van der Waals surface area contributed by atoms with Gasteiger partial charge in [-0.25, -0.2) is 0 Å². The van der Waals surface area contributed by atoms with Crippen LogP contribution in [0.2, 0.25) is 0 Å². The topological polar surface area (TPSA) is 30.7 Å². The molecule has 0 amide bonds. The van der Waals surface area contributed by atoms with E-state index in [0.29, 0.717) is 5.88 Å². The van der Waals surface area contributed by atoms with Crippen LogP contribution in [0.1, 0.15) is 29.9 Å². The molecule has 16 heavy (non-hydrogen) atoms. The van der Waals surface area contributed by atoms with Crippen LogP contribution in [0.15, 0.2) is 30.6 Å². The second-order valence-corrected chi connectivity index (χ2v) is 4.09. The molecule has 4 heteroatoms. The molecule has 1 unspecified atom stereocenters. The number of hydrogen-bond acceptors (Lipinski definition) is 2. The molecule has 2 aromatic rings. The SMILES string of the molecule is Cc1ccccc1C(C)n1cnnc1CCl. The second kappa shape index (κ2) is 4.66. The molecule has 0 aliphatic rings. The minimum absolute atomic E-state index is 0.213. The molecule has 0 aliphatic heterocycles. The molecule has 0 aliphatic carbocycles. The highest BCUT2D eigenvalue weighted by atomic mass is 35.5. The molecule has 0 spiro atoms. The predicted molar refractivity (Wildman–Crippen MR) is 64.6 cm³/mol. The molecule has 0 bridgehead atoms. The molecule has 0 saturated heterocycles. The van der Waals surface area contributed by atoms with Crippen LogP contribution in [0, 0.1) is 6.92 Å². The maximum atomic E-state index is 5.82. The first-order valence-electron chi connectivity index (χ1n) is 5.24. The minimum atomic E-state index is 0.213. The van der Waals surface area contributed by atoms with Gasteiger partial charge in [-0.05, 0) is 25.0 Å². The number of aryl methyl sites for hydroxylation is 1. The fourth-order valence-electron chi connectivity index (χ4n) is 1.89. The summed E-state index contributed by atoms with van der Waals surface area (Å²) in [6, 6.07) is 8.53. The van der Waals surface area contributed by atoms with Crippen LogP contribution in [-0.4, -0.2) is 14.8 Å². The highest BCUT2D eigenvalue weighted by molar-refractivity contribution is 6.16. The van der Waals surface area contributed by atoms with Gasteiger partial charge in [-0.3, -0.25) is 0 Å². The number of nitrogens with zero attached hydrogens (tertiary/aromatic N) is 3. The van der Waals surface area contributed by atoms with Crippen molar-refractivity contribution in [3.63, 3.8) is 0 Å². The lowest BCUT2D eigenvalue weighted by atomic mass is 10.0. The summed E-state index contributed by atoms with van der Waals surface area (Å²) in [6.45, 7) is 4.23. The number of aromatic nitrogens is 3. The number of rotatable bonds is 3. The summed E-state index contributed by atoms with van der Waals surface area (Å²) in [5.41, 5.74) is 2.54. The van der Waals surface area contributed by atoms with E-state index in [2.05, 4.69) is 36.2 Å². The first kappa shape index (κ1) is 11.1. The molecular formula is C12H14ClN3. The lowest BCUT2D eigenvalue weighted by molar-refractivity contribution is 0.611. The Balaban J connectivity index is 2.39. The zero-order valence-corrected chi connectivity index (χ0v) is 10.1. The Bertz CT molecular complexity index is 479. The lowest BCUT2D eigenvalue weighted by Gasteiger charge is -2.17. The highest BCUT2D eigenvalue weighted by Gasteiger charge is 2.13. The van der Waals surface area contributed by atoms with Gasteiger partial charge in [-0.2, -0.15) is 0 Å². The number of hydrogen-bond donors (Lipinski definition) is 0. The van der Waals surface area contributed by atoms with Gasteiger partial charge < -0.3 is 4.57 Å². The summed E-state index contributed by atoms with van der Waals surface area (Å²) in [5.74, 6) is 1.19. The summed E-state index contributed by atoms with van der Waals surface area (Å²) < 4.78 is 2.01. The maximum Gasteiger partial charge on any atom is 0.148 e. The predicted octanol–water partition coefficient (Wildman–Crippen LogP) is 2.93. The Morgan fingerprint density at radius 3 is 2.81 bits per heavy atom. The van der Waals surface area contributed by atoms with Gasteiger partial charge >= 0.3 is 0 Å². The molecule has 1 heterocycles. The van der Waals surface area contributed by atoms with Gasteiger partial charge in [0.05, 0.1) is 11.9 Å². The maximum absolute atomic E-state index is 5.82. The van der Waals surface area contributed by atoms with E-state index >= 15 is 0 Å². The number of benzene rings is 1. The van der Waals surface area contributed by atoms with Crippen molar-refractivity contribution in [2.45, 2.75) is 25.8 Å². The summed E-state index contributed by atoms with van der Waals surface area (Å²) in [5, 5.41) is 7.89. The fourth-order valence-corrected chi connectivity index (χ4v) is 2.08. The Morgan fingerprint density at radius 1 is 1.38 bits per heavy atom. The second-order valence-electron chi connectivity index (χ2n) is 3.82. The third-order valence-electron chi connectivity index (χ3n) is 2.82. The summed E-state index contributed by atoms with van der Waals surface area (Å²) >= 11 is 5.82. The van der Waals surface area contributed by atoms with E-state index < -0.39 is 0 Å². The molecule has 1 aromatic carbocycles. The van der Waals surface area contributed by atoms with E-state index in [9.17, 15) is 0 Å². The summed E-state index contributed by atoms with van der Waals surface area (Å²) in [6.07, 6.45) is 1.73. The van der Waals surface area contributed by atoms with E-state index in [0.717, 1.165) is 5.82 Å². The molecule has 84 valence electrons. The Labute approximate surface area is 100 Å². The Hall–Kier alpha value is -1.35. The quantitative estimate of drug-likeness (QED) is 0.766.